The van der Waals surface area contributed by atoms with Crippen LogP contribution >= 0.6 is 11.8 Å². The predicted octanol–water partition coefficient (Wildman–Crippen LogP) is 3.71. The number of amidine groups is 1. The van der Waals surface area contributed by atoms with Gasteiger partial charge >= 0.3 is 5.97 Å². The minimum atomic E-state index is -0.336. The molecule has 0 aliphatic carbocycles. The molecule has 152 valence electrons. The Morgan fingerprint density at radius 2 is 1.93 bits per heavy atom. The minimum Gasteiger partial charge on any atom is -0.497 e. The highest BCUT2D eigenvalue weighted by Gasteiger charge is 2.24. The van der Waals surface area contributed by atoms with E-state index in [1.807, 2.05) is 65.4 Å². The Labute approximate surface area is 177 Å². The molecule has 1 aliphatic heterocycles. The fourth-order valence-electron chi connectivity index (χ4n) is 3.12. The molecule has 2 aromatic carbocycles. The van der Waals surface area contributed by atoms with Crippen molar-refractivity contribution < 1.29 is 19.1 Å². The van der Waals surface area contributed by atoms with Gasteiger partial charge in [0, 0.05) is 22.7 Å². The SMILES string of the molecule is COC(=O)Cn1cc(/C=C2\SC(=Nc3ccc(OC)cc3)NC2=O)c2ccccc21. The smallest absolute Gasteiger partial charge is 0.325 e. The van der Waals surface area contributed by atoms with Gasteiger partial charge in [-0.05, 0) is 48.2 Å². The van der Waals surface area contributed by atoms with Gasteiger partial charge in [0.25, 0.3) is 5.91 Å². The van der Waals surface area contributed by atoms with Crippen LogP contribution in [0.25, 0.3) is 17.0 Å². The van der Waals surface area contributed by atoms with E-state index < -0.39 is 0 Å². The Hall–Kier alpha value is -3.52. The molecule has 1 N–H and O–H groups in total. The summed E-state index contributed by atoms with van der Waals surface area (Å²) in [5.74, 6) is 0.194. The molecule has 1 aromatic heterocycles. The molecular weight excluding hydrogens is 402 g/mol. The molecule has 3 aromatic rings. The molecule has 2 heterocycles. The summed E-state index contributed by atoms with van der Waals surface area (Å²) in [5, 5.41) is 4.25. The normalized spacial score (nSPS) is 16.3. The average molecular weight is 421 g/mol. The Bertz CT molecular complexity index is 1180. The first-order valence-corrected chi connectivity index (χ1v) is 9.97. The molecule has 0 radical (unpaired) electrons. The van der Waals surface area contributed by atoms with Gasteiger partial charge < -0.3 is 19.4 Å². The molecule has 0 spiro atoms. The molecule has 0 atom stereocenters. The van der Waals surface area contributed by atoms with E-state index in [0.717, 1.165) is 27.9 Å². The second-order valence-corrected chi connectivity index (χ2v) is 7.52. The average Bonchev–Trinajstić information content (AvgIpc) is 3.28. The van der Waals surface area contributed by atoms with Gasteiger partial charge in [-0.2, -0.15) is 0 Å². The molecule has 7 nitrogen and oxygen atoms in total. The van der Waals surface area contributed by atoms with Gasteiger partial charge in [0.1, 0.15) is 12.3 Å². The number of thioether (sulfide) groups is 1. The van der Waals surface area contributed by atoms with Gasteiger partial charge in [0.05, 0.1) is 24.8 Å². The van der Waals surface area contributed by atoms with E-state index in [4.69, 9.17) is 9.47 Å². The fourth-order valence-corrected chi connectivity index (χ4v) is 3.95. The number of fused-ring (bicyclic) bond motifs is 1. The molecule has 8 heteroatoms. The maximum absolute atomic E-state index is 12.5. The molecule has 1 amide bonds. The van der Waals surface area contributed by atoms with Gasteiger partial charge in [-0.15, -0.1) is 0 Å². The van der Waals surface area contributed by atoms with E-state index in [9.17, 15) is 9.59 Å². The Kier molecular flexibility index (Phi) is 5.58. The lowest BCUT2D eigenvalue weighted by molar-refractivity contribution is -0.141. The Morgan fingerprint density at radius 1 is 1.17 bits per heavy atom. The maximum Gasteiger partial charge on any atom is 0.325 e. The Balaban J connectivity index is 1.63. The van der Waals surface area contributed by atoms with E-state index in [1.54, 1.807) is 7.11 Å². The van der Waals surface area contributed by atoms with Crippen LogP contribution in [0, 0.1) is 0 Å². The van der Waals surface area contributed by atoms with Crippen molar-refractivity contribution in [3.63, 3.8) is 0 Å². The fraction of sp³-hybridized carbons (Fsp3) is 0.136. The van der Waals surface area contributed by atoms with Crippen LogP contribution in [-0.2, 0) is 20.9 Å². The summed E-state index contributed by atoms with van der Waals surface area (Å²) in [7, 11) is 2.97. The summed E-state index contributed by atoms with van der Waals surface area (Å²) in [6.07, 6.45) is 3.66. The van der Waals surface area contributed by atoms with E-state index in [1.165, 1.54) is 18.9 Å². The van der Waals surface area contributed by atoms with Crippen molar-refractivity contribution in [2.75, 3.05) is 14.2 Å². The molecule has 1 aliphatic rings. The summed E-state index contributed by atoms with van der Waals surface area (Å²) in [6.45, 7) is 0.101. The number of carbonyl (C=O) groups excluding carboxylic acids is 2. The van der Waals surface area contributed by atoms with Crippen LogP contribution in [0.5, 0.6) is 5.75 Å². The van der Waals surface area contributed by atoms with Crippen molar-refractivity contribution in [1.29, 1.82) is 0 Å². The van der Waals surface area contributed by atoms with Crippen LogP contribution in [0.1, 0.15) is 5.56 Å². The first-order valence-electron chi connectivity index (χ1n) is 9.15. The van der Waals surface area contributed by atoms with Gasteiger partial charge in [-0.1, -0.05) is 18.2 Å². The van der Waals surface area contributed by atoms with Crippen LogP contribution in [0.2, 0.25) is 0 Å². The number of ether oxygens (including phenoxy) is 2. The van der Waals surface area contributed by atoms with E-state index in [-0.39, 0.29) is 18.4 Å². The zero-order chi connectivity index (χ0) is 21.1. The summed E-state index contributed by atoms with van der Waals surface area (Å²) in [6, 6.07) is 15.0. The zero-order valence-corrected chi connectivity index (χ0v) is 17.2. The second-order valence-electron chi connectivity index (χ2n) is 6.49. The molecule has 0 saturated carbocycles. The molecule has 0 unspecified atom stereocenters. The third-order valence-electron chi connectivity index (χ3n) is 4.59. The molecule has 1 saturated heterocycles. The number of hydrogen-bond donors (Lipinski definition) is 1. The molecule has 4 rings (SSSR count). The van der Waals surface area contributed by atoms with Crippen LogP contribution < -0.4 is 10.1 Å². The lowest BCUT2D eigenvalue weighted by Crippen LogP contribution is -2.19. The number of methoxy groups -OCH3 is 2. The summed E-state index contributed by atoms with van der Waals surface area (Å²) < 4.78 is 11.7. The lowest BCUT2D eigenvalue weighted by atomic mass is 10.1. The number of nitrogens with zero attached hydrogens (tertiary/aromatic N) is 2. The van der Waals surface area contributed by atoms with Crippen LogP contribution in [-0.4, -0.2) is 35.8 Å². The van der Waals surface area contributed by atoms with Gasteiger partial charge in [0.15, 0.2) is 5.17 Å². The number of esters is 1. The summed E-state index contributed by atoms with van der Waals surface area (Å²) >= 11 is 1.27. The summed E-state index contributed by atoms with van der Waals surface area (Å²) in [5.41, 5.74) is 2.46. The highest BCUT2D eigenvalue weighted by Crippen LogP contribution is 2.31. The van der Waals surface area contributed by atoms with E-state index in [2.05, 4.69) is 10.3 Å². The molecule has 1 fully saturated rings. The number of hydrogen-bond acceptors (Lipinski definition) is 6. The maximum atomic E-state index is 12.5. The topological polar surface area (TPSA) is 81.9 Å². The van der Waals surface area contributed by atoms with Crippen molar-refractivity contribution in [3.8, 4) is 5.75 Å². The van der Waals surface area contributed by atoms with Gasteiger partial charge in [0.2, 0.25) is 0 Å². The third-order valence-corrected chi connectivity index (χ3v) is 5.50. The highest BCUT2D eigenvalue weighted by molar-refractivity contribution is 8.18. The number of nitrogens with one attached hydrogen (secondary N) is 1. The highest BCUT2D eigenvalue weighted by atomic mass is 32.2. The first-order chi connectivity index (χ1) is 14.6. The van der Waals surface area contributed by atoms with E-state index in [0.29, 0.717) is 10.1 Å². The predicted molar refractivity (Wildman–Crippen MR) is 118 cm³/mol. The zero-order valence-electron chi connectivity index (χ0n) is 16.4. The van der Waals surface area contributed by atoms with Crippen LogP contribution in [0.15, 0.2) is 64.6 Å². The number of para-hydroxylation sites is 1. The molecule has 30 heavy (non-hydrogen) atoms. The molecule has 0 bridgehead atoms. The minimum absolute atomic E-state index is 0.101. The Morgan fingerprint density at radius 3 is 2.67 bits per heavy atom. The number of aliphatic imine (C=N–C) groups is 1. The standard InChI is InChI=1S/C22H19N3O4S/c1-28-16-9-7-15(8-10-16)23-22-24-21(27)19(30-22)11-14-12-25(13-20(26)29-2)18-6-4-3-5-17(14)18/h3-12H,13H2,1-2H3,(H,23,24,27)/b19-11-. The number of amides is 1. The van der Waals surface area contributed by atoms with Crippen molar-refractivity contribution in [2.24, 2.45) is 4.99 Å². The van der Waals surface area contributed by atoms with Gasteiger partial charge in [-0.25, -0.2) is 4.99 Å². The number of rotatable bonds is 5. The monoisotopic (exact) mass is 421 g/mol. The summed E-state index contributed by atoms with van der Waals surface area (Å²) in [4.78, 5) is 29.2. The number of benzene rings is 2. The van der Waals surface area contributed by atoms with Crippen LogP contribution in [0.4, 0.5) is 5.69 Å². The quantitative estimate of drug-likeness (QED) is 0.502. The first kappa shape index (κ1) is 19.8. The van der Waals surface area contributed by atoms with E-state index >= 15 is 0 Å². The largest absolute Gasteiger partial charge is 0.497 e. The van der Waals surface area contributed by atoms with Gasteiger partial charge in [-0.3, -0.25) is 9.59 Å². The number of carbonyl (C=O) groups is 2. The number of aromatic nitrogens is 1. The third kappa shape index (κ3) is 4.08. The van der Waals surface area contributed by atoms with Crippen LogP contribution in [0.3, 0.4) is 0 Å². The van der Waals surface area contributed by atoms with Crippen molar-refractivity contribution in [3.05, 3.63) is 65.2 Å². The second kappa shape index (κ2) is 8.46. The van der Waals surface area contributed by atoms with Crippen molar-refractivity contribution in [1.82, 2.24) is 9.88 Å². The van der Waals surface area contributed by atoms with Crippen molar-refractivity contribution in [2.45, 2.75) is 6.54 Å². The lowest BCUT2D eigenvalue weighted by Gasteiger charge is -2.02. The molecular formula is C22H19N3O4S. The van der Waals surface area contributed by atoms with Crippen molar-refractivity contribution >= 4 is 51.5 Å².